The standard InChI is InChI=1S/C20H20N2O3S2/c1-25-19(24)7-9-22(12-15-5-3-2-4-6-15)18(23)11-17-14-27-20(21-17)16-8-10-26-13-16/h2-6,8,10,13-14H,7,9,11-12H2,1H3. The van der Waals surface area contributed by atoms with Gasteiger partial charge in [0.15, 0.2) is 0 Å². The first-order valence-corrected chi connectivity index (χ1v) is 10.3. The number of hydrogen-bond donors (Lipinski definition) is 0. The van der Waals surface area contributed by atoms with E-state index in [2.05, 4.69) is 4.98 Å². The van der Waals surface area contributed by atoms with Crippen molar-refractivity contribution in [3.05, 3.63) is 63.8 Å². The number of rotatable bonds is 8. The highest BCUT2D eigenvalue weighted by atomic mass is 32.1. The van der Waals surface area contributed by atoms with Gasteiger partial charge in [0.05, 0.1) is 25.6 Å². The number of carbonyl (C=O) groups excluding carboxylic acids is 2. The third-order valence-electron chi connectivity index (χ3n) is 4.03. The Morgan fingerprint density at radius 3 is 2.67 bits per heavy atom. The average Bonchev–Trinajstić information content (AvgIpc) is 3.37. The number of ether oxygens (including phenoxy) is 1. The molecule has 0 atom stereocenters. The Balaban J connectivity index is 1.68. The molecule has 0 fully saturated rings. The average molecular weight is 401 g/mol. The van der Waals surface area contributed by atoms with Crippen LogP contribution >= 0.6 is 22.7 Å². The van der Waals surface area contributed by atoms with Crippen molar-refractivity contribution in [2.45, 2.75) is 19.4 Å². The van der Waals surface area contributed by atoms with Crippen molar-refractivity contribution < 1.29 is 14.3 Å². The Bertz CT molecular complexity index is 876. The van der Waals surface area contributed by atoms with Gasteiger partial charge in [0, 0.05) is 29.4 Å². The van der Waals surface area contributed by atoms with Gasteiger partial charge in [-0.1, -0.05) is 30.3 Å². The van der Waals surface area contributed by atoms with Crippen molar-refractivity contribution in [2.75, 3.05) is 13.7 Å². The minimum absolute atomic E-state index is 0.0510. The van der Waals surface area contributed by atoms with Gasteiger partial charge < -0.3 is 9.64 Å². The molecule has 0 aliphatic carbocycles. The van der Waals surface area contributed by atoms with Gasteiger partial charge in [-0.25, -0.2) is 4.98 Å². The van der Waals surface area contributed by atoms with E-state index < -0.39 is 0 Å². The van der Waals surface area contributed by atoms with Crippen molar-refractivity contribution in [3.63, 3.8) is 0 Å². The van der Waals surface area contributed by atoms with E-state index in [-0.39, 0.29) is 24.7 Å². The summed E-state index contributed by atoms with van der Waals surface area (Å²) in [7, 11) is 1.35. The van der Waals surface area contributed by atoms with Gasteiger partial charge in [-0.05, 0) is 17.0 Å². The van der Waals surface area contributed by atoms with Crippen LogP contribution in [0.2, 0.25) is 0 Å². The second-order valence-electron chi connectivity index (χ2n) is 5.96. The molecule has 27 heavy (non-hydrogen) atoms. The molecule has 0 saturated heterocycles. The molecule has 5 nitrogen and oxygen atoms in total. The Morgan fingerprint density at radius 1 is 1.15 bits per heavy atom. The topological polar surface area (TPSA) is 59.5 Å². The maximum absolute atomic E-state index is 12.9. The highest BCUT2D eigenvalue weighted by molar-refractivity contribution is 7.14. The normalized spacial score (nSPS) is 10.6. The van der Waals surface area contributed by atoms with Crippen molar-refractivity contribution >= 4 is 34.6 Å². The fourth-order valence-electron chi connectivity index (χ4n) is 2.60. The molecule has 0 saturated carbocycles. The number of nitrogens with zero attached hydrogens (tertiary/aromatic N) is 2. The molecule has 0 radical (unpaired) electrons. The number of amides is 1. The third kappa shape index (κ3) is 5.48. The molecular weight excluding hydrogens is 380 g/mol. The SMILES string of the molecule is COC(=O)CCN(Cc1ccccc1)C(=O)Cc1csc(-c2ccsc2)n1. The van der Waals surface area contributed by atoms with E-state index in [1.807, 2.05) is 52.5 Å². The zero-order chi connectivity index (χ0) is 19.1. The summed E-state index contributed by atoms with van der Waals surface area (Å²) in [6, 6.07) is 11.8. The lowest BCUT2D eigenvalue weighted by molar-refractivity contribution is -0.141. The molecule has 7 heteroatoms. The molecular formula is C20H20N2O3S2. The number of thiophene rings is 1. The molecule has 1 aromatic carbocycles. The van der Waals surface area contributed by atoms with Crippen LogP contribution in [0.3, 0.4) is 0 Å². The number of carbonyl (C=O) groups is 2. The van der Waals surface area contributed by atoms with Gasteiger partial charge in [0.2, 0.25) is 5.91 Å². The van der Waals surface area contributed by atoms with E-state index in [9.17, 15) is 9.59 Å². The highest BCUT2D eigenvalue weighted by Gasteiger charge is 2.18. The molecule has 0 aliphatic heterocycles. The predicted molar refractivity (Wildman–Crippen MR) is 108 cm³/mol. The third-order valence-corrected chi connectivity index (χ3v) is 5.66. The Hall–Kier alpha value is -2.51. The Labute approximate surface area is 166 Å². The minimum Gasteiger partial charge on any atom is -0.469 e. The number of aromatic nitrogens is 1. The van der Waals surface area contributed by atoms with E-state index in [0.29, 0.717) is 13.1 Å². The monoisotopic (exact) mass is 400 g/mol. The molecule has 3 aromatic rings. The molecule has 0 unspecified atom stereocenters. The lowest BCUT2D eigenvalue weighted by Crippen LogP contribution is -2.34. The second-order valence-corrected chi connectivity index (χ2v) is 7.60. The predicted octanol–water partition coefficient (Wildman–Crippen LogP) is 4.01. The summed E-state index contributed by atoms with van der Waals surface area (Å²) in [5, 5.41) is 6.90. The smallest absolute Gasteiger partial charge is 0.307 e. The van der Waals surface area contributed by atoms with E-state index in [1.54, 1.807) is 16.2 Å². The van der Waals surface area contributed by atoms with Gasteiger partial charge in [0.1, 0.15) is 5.01 Å². The molecule has 3 rings (SSSR count). The molecule has 1 amide bonds. The van der Waals surface area contributed by atoms with Gasteiger partial charge in [-0.2, -0.15) is 11.3 Å². The van der Waals surface area contributed by atoms with Crippen LogP contribution < -0.4 is 0 Å². The summed E-state index contributed by atoms with van der Waals surface area (Å²) < 4.78 is 4.71. The first-order chi connectivity index (χ1) is 13.2. The van der Waals surface area contributed by atoms with Crippen molar-refractivity contribution in [1.29, 1.82) is 0 Å². The number of hydrogen-bond acceptors (Lipinski definition) is 6. The van der Waals surface area contributed by atoms with Crippen LogP contribution in [0.4, 0.5) is 0 Å². The Morgan fingerprint density at radius 2 is 1.96 bits per heavy atom. The second kappa shape index (κ2) is 9.43. The number of methoxy groups -OCH3 is 1. The minimum atomic E-state index is -0.325. The zero-order valence-corrected chi connectivity index (χ0v) is 16.6. The van der Waals surface area contributed by atoms with Crippen LogP contribution in [0.25, 0.3) is 10.6 Å². The number of esters is 1. The summed E-state index contributed by atoms with van der Waals surface area (Å²) in [5.74, 6) is -0.376. The molecule has 2 aromatic heterocycles. The fraction of sp³-hybridized carbons (Fsp3) is 0.250. The lowest BCUT2D eigenvalue weighted by atomic mass is 10.2. The van der Waals surface area contributed by atoms with Crippen LogP contribution in [0, 0.1) is 0 Å². The quantitative estimate of drug-likeness (QED) is 0.536. The van der Waals surface area contributed by atoms with Gasteiger partial charge in [0.25, 0.3) is 0 Å². The van der Waals surface area contributed by atoms with Crippen molar-refractivity contribution in [2.24, 2.45) is 0 Å². The first kappa shape index (κ1) is 19.3. The summed E-state index contributed by atoms with van der Waals surface area (Å²) in [4.78, 5) is 30.6. The summed E-state index contributed by atoms with van der Waals surface area (Å²) in [6.07, 6.45) is 0.390. The van der Waals surface area contributed by atoms with Gasteiger partial charge in [-0.15, -0.1) is 11.3 Å². The molecule has 0 aliphatic rings. The maximum Gasteiger partial charge on any atom is 0.307 e. The van der Waals surface area contributed by atoms with Crippen LogP contribution in [-0.2, 0) is 27.3 Å². The number of benzene rings is 1. The van der Waals surface area contributed by atoms with E-state index in [1.165, 1.54) is 18.4 Å². The van der Waals surface area contributed by atoms with E-state index in [4.69, 9.17) is 4.74 Å². The van der Waals surface area contributed by atoms with Crippen LogP contribution in [-0.4, -0.2) is 35.4 Å². The van der Waals surface area contributed by atoms with Crippen LogP contribution in [0.15, 0.2) is 52.5 Å². The largest absolute Gasteiger partial charge is 0.469 e. The van der Waals surface area contributed by atoms with Crippen LogP contribution in [0.1, 0.15) is 17.7 Å². The fourth-order valence-corrected chi connectivity index (χ4v) is 4.13. The summed E-state index contributed by atoms with van der Waals surface area (Å²) in [5.41, 5.74) is 2.85. The zero-order valence-electron chi connectivity index (χ0n) is 15.0. The molecule has 2 heterocycles. The molecule has 0 bridgehead atoms. The molecule has 140 valence electrons. The maximum atomic E-state index is 12.9. The first-order valence-electron chi connectivity index (χ1n) is 8.51. The number of thiazole rings is 1. The van der Waals surface area contributed by atoms with Gasteiger partial charge in [-0.3, -0.25) is 9.59 Å². The Kier molecular flexibility index (Phi) is 6.73. The van der Waals surface area contributed by atoms with Crippen LogP contribution in [0.5, 0.6) is 0 Å². The van der Waals surface area contributed by atoms with E-state index in [0.717, 1.165) is 21.8 Å². The molecule has 0 spiro atoms. The molecule has 0 N–H and O–H groups in total. The lowest BCUT2D eigenvalue weighted by Gasteiger charge is -2.22. The highest BCUT2D eigenvalue weighted by Crippen LogP contribution is 2.26. The van der Waals surface area contributed by atoms with Crippen molar-refractivity contribution in [1.82, 2.24) is 9.88 Å². The summed E-state index contributed by atoms with van der Waals surface area (Å²) >= 11 is 3.16. The van der Waals surface area contributed by atoms with Crippen molar-refractivity contribution in [3.8, 4) is 10.6 Å². The van der Waals surface area contributed by atoms with Gasteiger partial charge >= 0.3 is 5.97 Å². The van der Waals surface area contributed by atoms with E-state index >= 15 is 0 Å². The summed E-state index contributed by atoms with van der Waals surface area (Å²) in [6.45, 7) is 0.778.